The third-order valence-electron chi connectivity index (χ3n) is 2.43. The Morgan fingerprint density at radius 3 is 3.07 bits per heavy atom. The minimum absolute atomic E-state index is 0.0718. The number of fused-ring (bicyclic) bond motifs is 1. The summed E-state index contributed by atoms with van der Waals surface area (Å²) in [4.78, 5) is 16.0. The third-order valence-corrected chi connectivity index (χ3v) is 2.43. The van der Waals surface area contributed by atoms with Crippen molar-refractivity contribution in [2.45, 2.75) is 12.8 Å². The average molecular weight is 193 g/mol. The number of aryl methyl sites for hydroxylation is 1. The smallest absolute Gasteiger partial charge is 0.358 e. The predicted octanol–water partition coefficient (Wildman–Crippen LogP) is 1.37. The molecule has 1 aliphatic heterocycles. The molecule has 2 heterocycles. The van der Waals surface area contributed by atoms with E-state index >= 15 is 0 Å². The van der Waals surface area contributed by atoms with Gasteiger partial charge in [-0.1, -0.05) is 0 Å². The summed E-state index contributed by atoms with van der Waals surface area (Å²) in [6.45, 7) is 0.918. The molecule has 0 fully saturated rings. The van der Waals surface area contributed by atoms with Crippen LogP contribution in [0.3, 0.4) is 0 Å². The molecule has 0 atom stereocenters. The number of aromatic nitrogens is 1. The standard InChI is InChI=1S/C9H11N3O2/c1-11-6-2-3-7-4-5-8(12(13)14)10-9(7)11/h4-5H,2-3,6H2,1H3. The molecule has 0 saturated heterocycles. The Balaban J connectivity index is 2.45. The summed E-state index contributed by atoms with van der Waals surface area (Å²) >= 11 is 0. The largest absolute Gasteiger partial charge is 0.365 e. The maximum atomic E-state index is 10.5. The lowest BCUT2D eigenvalue weighted by Crippen LogP contribution is -2.25. The minimum atomic E-state index is -0.456. The fourth-order valence-electron chi connectivity index (χ4n) is 1.71. The summed E-state index contributed by atoms with van der Waals surface area (Å²) in [7, 11) is 1.91. The first-order valence-corrected chi connectivity index (χ1v) is 4.54. The number of nitrogens with zero attached hydrogens (tertiary/aromatic N) is 3. The van der Waals surface area contributed by atoms with E-state index < -0.39 is 4.92 Å². The van der Waals surface area contributed by atoms with Crippen molar-refractivity contribution in [3.05, 3.63) is 27.8 Å². The van der Waals surface area contributed by atoms with Crippen molar-refractivity contribution < 1.29 is 4.92 Å². The van der Waals surface area contributed by atoms with Crippen molar-refractivity contribution in [1.29, 1.82) is 0 Å². The van der Waals surface area contributed by atoms with Crippen molar-refractivity contribution in [3.8, 4) is 0 Å². The second-order valence-corrected chi connectivity index (χ2v) is 3.43. The van der Waals surface area contributed by atoms with Crippen LogP contribution in [0.5, 0.6) is 0 Å². The van der Waals surface area contributed by atoms with Crippen LogP contribution in [0.4, 0.5) is 11.6 Å². The van der Waals surface area contributed by atoms with Gasteiger partial charge in [-0.3, -0.25) is 0 Å². The van der Waals surface area contributed by atoms with Gasteiger partial charge >= 0.3 is 5.82 Å². The van der Waals surface area contributed by atoms with Crippen molar-refractivity contribution in [2.24, 2.45) is 0 Å². The summed E-state index contributed by atoms with van der Waals surface area (Å²) in [6, 6.07) is 3.27. The van der Waals surface area contributed by atoms with Crippen LogP contribution in [-0.2, 0) is 6.42 Å². The van der Waals surface area contributed by atoms with Crippen LogP contribution in [0.15, 0.2) is 12.1 Å². The van der Waals surface area contributed by atoms with Gasteiger partial charge < -0.3 is 15.0 Å². The molecule has 0 aromatic carbocycles. The summed E-state index contributed by atoms with van der Waals surface area (Å²) in [5.41, 5.74) is 1.10. The quantitative estimate of drug-likeness (QED) is 0.499. The maximum Gasteiger partial charge on any atom is 0.365 e. The molecular formula is C9H11N3O2. The fourth-order valence-corrected chi connectivity index (χ4v) is 1.71. The Kier molecular flexibility index (Phi) is 2.07. The van der Waals surface area contributed by atoms with Gasteiger partial charge in [-0.25, -0.2) is 0 Å². The van der Waals surface area contributed by atoms with E-state index in [1.165, 1.54) is 6.07 Å². The lowest BCUT2D eigenvalue weighted by molar-refractivity contribution is -0.389. The minimum Gasteiger partial charge on any atom is -0.358 e. The SMILES string of the molecule is CN1CCCc2ccc([N+](=O)[O-])nc21. The Bertz CT molecular complexity index is 378. The molecule has 1 aliphatic rings. The van der Waals surface area contributed by atoms with Gasteiger partial charge in [0.05, 0.1) is 0 Å². The van der Waals surface area contributed by atoms with Crippen molar-refractivity contribution in [2.75, 3.05) is 18.5 Å². The maximum absolute atomic E-state index is 10.5. The third kappa shape index (κ3) is 1.41. The molecule has 5 heteroatoms. The molecule has 0 amide bonds. The number of anilines is 1. The average Bonchev–Trinajstić information content (AvgIpc) is 2.18. The van der Waals surface area contributed by atoms with Crippen LogP contribution in [-0.4, -0.2) is 23.5 Å². The number of rotatable bonds is 1. The van der Waals surface area contributed by atoms with Gasteiger partial charge in [0, 0.05) is 25.2 Å². The van der Waals surface area contributed by atoms with E-state index in [1.54, 1.807) is 6.07 Å². The molecule has 74 valence electrons. The lowest BCUT2D eigenvalue weighted by atomic mass is 10.1. The van der Waals surface area contributed by atoms with Gasteiger partial charge in [-0.05, 0) is 28.8 Å². The first kappa shape index (κ1) is 8.93. The number of pyridine rings is 1. The highest BCUT2D eigenvalue weighted by atomic mass is 16.6. The van der Waals surface area contributed by atoms with E-state index in [1.807, 2.05) is 11.9 Å². The second-order valence-electron chi connectivity index (χ2n) is 3.43. The van der Waals surface area contributed by atoms with E-state index in [4.69, 9.17) is 0 Å². The molecule has 0 N–H and O–H groups in total. The highest BCUT2D eigenvalue weighted by molar-refractivity contribution is 5.51. The number of nitro groups is 1. The summed E-state index contributed by atoms with van der Waals surface area (Å²) in [5, 5.41) is 10.5. The van der Waals surface area contributed by atoms with Crippen LogP contribution >= 0.6 is 0 Å². The molecular weight excluding hydrogens is 182 g/mol. The molecule has 1 aromatic heterocycles. The van der Waals surface area contributed by atoms with Gasteiger partial charge in [-0.15, -0.1) is 0 Å². The van der Waals surface area contributed by atoms with Gasteiger partial charge in [0.1, 0.15) is 0 Å². The lowest BCUT2D eigenvalue weighted by Gasteiger charge is -2.22. The van der Waals surface area contributed by atoms with Crippen LogP contribution < -0.4 is 4.90 Å². The summed E-state index contributed by atoms with van der Waals surface area (Å²) in [6.07, 6.45) is 2.05. The second kappa shape index (κ2) is 3.25. The number of hydrogen-bond acceptors (Lipinski definition) is 4. The zero-order chi connectivity index (χ0) is 10.1. The van der Waals surface area contributed by atoms with E-state index in [-0.39, 0.29) is 5.82 Å². The normalized spacial score (nSPS) is 15.1. The van der Waals surface area contributed by atoms with Gasteiger partial charge in [0.2, 0.25) is 5.82 Å². The zero-order valence-corrected chi connectivity index (χ0v) is 7.93. The molecule has 1 aromatic rings. The highest BCUT2D eigenvalue weighted by Crippen LogP contribution is 2.25. The van der Waals surface area contributed by atoms with Crippen molar-refractivity contribution >= 4 is 11.6 Å². The molecule has 0 saturated carbocycles. The van der Waals surface area contributed by atoms with Crippen LogP contribution in [0.2, 0.25) is 0 Å². The first-order valence-electron chi connectivity index (χ1n) is 4.54. The topological polar surface area (TPSA) is 59.3 Å². The van der Waals surface area contributed by atoms with Gasteiger partial charge in [0.25, 0.3) is 0 Å². The Morgan fingerprint density at radius 2 is 2.36 bits per heavy atom. The van der Waals surface area contributed by atoms with Gasteiger partial charge in [0.15, 0.2) is 0 Å². The molecule has 0 unspecified atom stereocenters. The van der Waals surface area contributed by atoms with E-state index in [9.17, 15) is 10.1 Å². The molecule has 0 spiro atoms. The first-order chi connectivity index (χ1) is 6.68. The predicted molar refractivity (Wildman–Crippen MR) is 52.5 cm³/mol. The van der Waals surface area contributed by atoms with E-state index in [0.717, 1.165) is 30.8 Å². The molecule has 14 heavy (non-hydrogen) atoms. The molecule has 5 nitrogen and oxygen atoms in total. The van der Waals surface area contributed by atoms with Crippen molar-refractivity contribution in [3.63, 3.8) is 0 Å². The van der Waals surface area contributed by atoms with E-state index in [0.29, 0.717) is 0 Å². The molecule has 0 bridgehead atoms. The number of hydrogen-bond donors (Lipinski definition) is 0. The van der Waals surface area contributed by atoms with Crippen LogP contribution in [0, 0.1) is 10.1 Å². The van der Waals surface area contributed by atoms with Gasteiger partial charge in [-0.2, -0.15) is 0 Å². The Labute approximate surface area is 81.5 Å². The van der Waals surface area contributed by atoms with Crippen LogP contribution in [0.1, 0.15) is 12.0 Å². The Morgan fingerprint density at radius 1 is 1.57 bits per heavy atom. The molecule has 0 aliphatic carbocycles. The summed E-state index contributed by atoms with van der Waals surface area (Å²) in [5.74, 6) is 0.683. The Hall–Kier alpha value is -1.65. The summed E-state index contributed by atoms with van der Waals surface area (Å²) < 4.78 is 0. The fraction of sp³-hybridized carbons (Fsp3) is 0.444. The molecule has 0 radical (unpaired) electrons. The van der Waals surface area contributed by atoms with Crippen LogP contribution in [0.25, 0.3) is 0 Å². The van der Waals surface area contributed by atoms with E-state index in [2.05, 4.69) is 4.98 Å². The monoisotopic (exact) mass is 193 g/mol. The molecule has 2 rings (SSSR count). The highest BCUT2D eigenvalue weighted by Gasteiger charge is 2.21. The van der Waals surface area contributed by atoms with Crippen molar-refractivity contribution in [1.82, 2.24) is 4.98 Å². The zero-order valence-electron chi connectivity index (χ0n) is 7.93.